The van der Waals surface area contributed by atoms with Crippen LogP contribution in [0.4, 0.5) is 5.69 Å². The largest absolute Gasteiger partial charge is 0.335 e. The van der Waals surface area contributed by atoms with Gasteiger partial charge in [0, 0.05) is 19.3 Å². The Morgan fingerprint density at radius 3 is 2.05 bits per heavy atom. The fourth-order valence-electron chi connectivity index (χ4n) is 2.65. The van der Waals surface area contributed by atoms with Crippen molar-refractivity contribution in [2.75, 3.05) is 18.5 Å². The molecule has 3 rings (SSSR count). The zero-order chi connectivity index (χ0) is 14.8. The highest BCUT2D eigenvalue weighted by Gasteiger charge is 2.38. The lowest BCUT2D eigenvalue weighted by atomic mass is 10.0. The number of amides is 2. The van der Waals surface area contributed by atoms with Gasteiger partial charge in [-0.3, -0.25) is 14.5 Å². The van der Waals surface area contributed by atoms with E-state index in [1.165, 1.54) is 4.90 Å². The SMILES string of the molecule is CN1C[C@H](c2ccccc2)N(c2ccccc2)C(=O)C1=O. The van der Waals surface area contributed by atoms with Crippen LogP contribution in [0.5, 0.6) is 0 Å². The molecule has 1 heterocycles. The quantitative estimate of drug-likeness (QED) is 0.792. The predicted octanol–water partition coefficient (Wildman–Crippen LogP) is 2.23. The van der Waals surface area contributed by atoms with E-state index in [1.807, 2.05) is 60.7 Å². The van der Waals surface area contributed by atoms with E-state index in [0.29, 0.717) is 6.54 Å². The lowest BCUT2D eigenvalue weighted by Crippen LogP contribution is -2.54. The van der Waals surface area contributed by atoms with Crippen molar-refractivity contribution in [3.63, 3.8) is 0 Å². The predicted molar refractivity (Wildman–Crippen MR) is 80.7 cm³/mol. The van der Waals surface area contributed by atoms with Gasteiger partial charge in [0.15, 0.2) is 0 Å². The van der Waals surface area contributed by atoms with Crippen LogP contribution in [0.3, 0.4) is 0 Å². The van der Waals surface area contributed by atoms with Crippen molar-refractivity contribution < 1.29 is 9.59 Å². The number of carbonyl (C=O) groups excluding carboxylic acids is 2. The third kappa shape index (κ3) is 2.40. The van der Waals surface area contributed by atoms with E-state index < -0.39 is 11.8 Å². The number of para-hydroxylation sites is 1. The minimum Gasteiger partial charge on any atom is -0.335 e. The Bertz CT molecular complexity index is 655. The molecule has 1 saturated heterocycles. The van der Waals surface area contributed by atoms with Gasteiger partial charge in [0.05, 0.1) is 6.04 Å². The van der Waals surface area contributed by atoms with Gasteiger partial charge in [-0.1, -0.05) is 48.5 Å². The highest BCUT2D eigenvalue weighted by Crippen LogP contribution is 2.31. The summed E-state index contributed by atoms with van der Waals surface area (Å²) in [5.74, 6) is -0.949. The topological polar surface area (TPSA) is 40.6 Å². The van der Waals surface area contributed by atoms with Gasteiger partial charge in [0.1, 0.15) is 0 Å². The van der Waals surface area contributed by atoms with Crippen molar-refractivity contribution in [2.45, 2.75) is 6.04 Å². The first-order valence-electron chi connectivity index (χ1n) is 6.87. The molecule has 0 radical (unpaired) electrons. The Balaban J connectivity index is 2.06. The number of piperazine rings is 1. The Morgan fingerprint density at radius 1 is 0.857 bits per heavy atom. The van der Waals surface area contributed by atoms with E-state index in [2.05, 4.69) is 0 Å². The molecular formula is C17H16N2O2. The second-order valence-corrected chi connectivity index (χ2v) is 5.12. The van der Waals surface area contributed by atoms with Crippen molar-refractivity contribution in [2.24, 2.45) is 0 Å². The fourth-order valence-corrected chi connectivity index (χ4v) is 2.65. The molecule has 1 atom stereocenters. The highest BCUT2D eigenvalue weighted by molar-refractivity contribution is 6.41. The molecule has 0 spiro atoms. The van der Waals surface area contributed by atoms with Crippen LogP contribution in [-0.2, 0) is 9.59 Å². The number of benzene rings is 2. The standard InChI is InChI=1S/C17H16N2O2/c1-18-12-15(13-8-4-2-5-9-13)19(17(21)16(18)20)14-10-6-3-7-11-14/h2-11,15H,12H2,1H3/t15-/m1/s1. The van der Waals surface area contributed by atoms with Gasteiger partial charge in [-0.15, -0.1) is 0 Å². The van der Waals surface area contributed by atoms with Crippen LogP contribution in [0.2, 0.25) is 0 Å². The molecule has 2 amide bonds. The van der Waals surface area contributed by atoms with Crippen LogP contribution in [0.25, 0.3) is 0 Å². The molecule has 21 heavy (non-hydrogen) atoms. The van der Waals surface area contributed by atoms with Crippen LogP contribution in [0.1, 0.15) is 11.6 Å². The lowest BCUT2D eigenvalue weighted by molar-refractivity contribution is -0.146. The molecule has 0 aliphatic carbocycles. The van der Waals surface area contributed by atoms with Crippen LogP contribution in [-0.4, -0.2) is 30.3 Å². The van der Waals surface area contributed by atoms with Crippen molar-refractivity contribution in [1.82, 2.24) is 4.90 Å². The molecule has 2 aromatic carbocycles. The van der Waals surface area contributed by atoms with E-state index in [4.69, 9.17) is 0 Å². The number of hydrogen-bond donors (Lipinski definition) is 0. The minimum absolute atomic E-state index is 0.163. The molecule has 0 saturated carbocycles. The van der Waals surface area contributed by atoms with Gasteiger partial charge in [-0.2, -0.15) is 0 Å². The molecule has 0 unspecified atom stereocenters. The first kappa shape index (κ1) is 13.4. The molecule has 1 aliphatic rings. The number of hydrogen-bond acceptors (Lipinski definition) is 2. The summed E-state index contributed by atoms with van der Waals surface area (Å²) in [6, 6.07) is 19.0. The van der Waals surface area contributed by atoms with Gasteiger partial charge in [0.2, 0.25) is 0 Å². The summed E-state index contributed by atoms with van der Waals surface area (Å²) >= 11 is 0. The van der Waals surface area contributed by atoms with Gasteiger partial charge in [-0.25, -0.2) is 0 Å². The maximum Gasteiger partial charge on any atom is 0.317 e. The molecular weight excluding hydrogens is 264 g/mol. The van der Waals surface area contributed by atoms with Crippen molar-refractivity contribution in [1.29, 1.82) is 0 Å². The van der Waals surface area contributed by atoms with Crippen LogP contribution < -0.4 is 4.90 Å². The van der Waals surface area contributed by atoms with Crippen molar-refractivity contribution in [3.05, 3.63) is 66.2 Å². The fraction of sp³-hybridized carbons (Fsp3) is 0.176. The number of nitrogens with zero attached hydrogens (tertiary/aromatic N) is 2. The zero-order valence-electron chi connectivity index (χ0n) is 11.8. The van der Waals surface area contributed by atoms with E-state index in [9.17, 15) is 9.59 Å². The number of rotatable bonds is 2. The Kier molecular flexibility index (Phi) is 3.44. The normalized spacial score (nSPS) is 19.0. The highest BCUT2D eigenvalue weighted by atomic mass is 16.2. The average Bonchev–Trinajstić information content (AvgIpc) is 2.54. The maximum atomic E-state index is 12.5. The molecule has 1 aliphatic heterocycles. The first-order chi connectivity index (χ1) is 10.2. The second-order valence-electron chi connectivity index (χ2n) is 5.12. The Hall–Kier alpha value is -2.62. The third-order valence-electron chi connectivity index (χ3n) is 3.73. The van der Waals surface area contributed by atoms with E-state index in [1.54, 1.807) is 11.9 Å². The zero-order valence-corrected chi connectivity index (χ0v) is 11.8. The summed E-state index contributed by atoms with van der Waals surface area (Å²) in [4.78, 5) is 27.6. The molecule has 1 fully saturated rings. The monoisotopic (exact) mass is 280 g/mol. The third-order valence-corrected chi connectivity index (χ3v) is 3.73. The second kappa shape index (κ2) is 5.40. The van der Waals surface area contributed by atoms with Gasteiger partial charge >= 0.3 is 11.8 Å². The van der Waals surface area contributed by atoms with Crippen LogP contribution >= 0.6 is 0 Å². The number of anilines is 1. The van der Waals surface area contributed by atoms with E-state index in [-0.39, 0.29) is 6.04 Å². The summed E-state index contributed by atoms with van der Waals surface area (Å²) in [5.41, 5.74) is 1.77. The first-order valence-corrected chi connectivity index (χ1v) is 6.87. The molecule has 4 heteroatoms. The minimum atomic E-state index is -0.483. The Labute approximate surface area is 123 Å². The Morgan fingerprint density at radius 2 is 1.43 bits per heavy atom. The van der Waals surface area contributed by atoms with E-state index in [0.717, 1.165) is 11.3 Å². The molecule has 0 bridgehead atoms. The summed E-state index contributed by atoms with van der Waals surface area (Å²) in [6.45, 7) is 0.490. The van der Waals surface area contributed by atoms with Crippen LogP contribution in [0.15, 0.2) is 60.7 Å². The molecule has 106 valence electrons. The van der Waals surface area contributed by atoms with Gasteiger partial charge < -0.3 is 4.90 Å². The summed E-state index contributed by atoms with van der Waals surface area (Å²) in [5, 5.41) is 0. The smallest absolute Gasteiger partial charge is 0.317 e. The van der Waals surface area contributed by atoms with Crippen molar-refractivity contribution in [3.8, 4) is 0 Å². The van der Waals surface area contributed by atoms with Crippen LogP contribution in [0, 0.1) is 0 Å². The number of carbonyl (C=O) groups is 2. The maximum absolute atomic E-state index is 12.5. The average molecular weight is 280 g/mol. The summed E-state index contributed by atoms with van der Waals surface area (Å²) in [6.07, 6.45) is 0. The number of likely N-dealkylation sites (N-methyl/N-ethyl adjacent to an activating group) is 1. The molecule has 4 nitrogen and oxygen atoms in total. The molecule has 0 N–H and O–H groups in total. The summed E-state index contributed by atoms with van der Waals surface area (Å²) < 4.78 is 0. The van der Waals surface area contributed by atoms with Crippen molar-refractivity contribution >= 4 is 17.5 Å². The van der Waals surface area contributed by atoms with Gasteiger partial charge in [0.25, 0.3) is 0 Å². The molecule has 2 aromatic rings. The molecule has 0 aromatic heterocycles. The lowest BCUT2D eigenvalue weighted by Gasteiger charge is -2.39. The summed E-state index contributed by atoms with van der Waals surface area (Å²) in [7, 11) is 1.67. The van der Waals surface area contributed by atoms with Gasteiger partial charge in [-0.05, 0) is 17.7 Å². The van der Waals surface area contributed by atoms with E-state index >= 15 is 0 Å².